The number of ether oxygens (including phenoxy) is 12. The summed E-state index contributed by atoms with van der Waals surface area (Å²) in [6.07, 6.45) is -45.2. The van der Waals surface area contributed by atoms with Crippen LogP contribution in [-0.2, 0) is 61.6 Å². The largest absolute Gasteiger partial charge is 0.432 e. The number of rotatable bonds is 16. The second kappa shape index (κ2) is 27.5. The molecule has 0 aromatic rings. The molecule has 0 radical (unpaired) electrons. The first kappa shape index (κ1) is 75.1. The van der Waals surface area contributed by atoms with Crippen LogP contribution in [0.25, 0.3) is 0 Å². The molecule has 96 heavy (non-hydrogen) atoms. The van der Waals surface area contributed by atoms with Crippen LogP contribution < -0.4 is 0 Å². The third kappa shape index (κ3) is 12.4. The fraction of sp³-hybridized carbons (Fsp3) is 0.952. The van der Waals surface area contributed by atoms with Crippen LogP contribution in [0.15, 0.2) is 11.6 Å². The highest BCUT2D eigenvalue weighted by Gasteiger charge is 2.75. The van der Waals surface area contributed by atoms with Gasteiger partial charge in [-0.15, -0.1) is 0 Å². The fourth-order valence-corrected chi connectivity index (χ4v) is 18.9. The number of aliphatic hydroxyl groups is 20. The van der Waals surface area contributed by atoms with Gasteiger partial charge in [0, 0.05) is 11.3 Å². The van der Waals surface area contributed by atoms with Crippen molar-refractivity contribution >= 4 is 5.97 Å². The van der Waals surface area contributed by atoms with Crippen LogP contribution in [0.1, 0.15) is 93.4 Å². The first-order valence-corrected chi connectivity index (χ1v) is 33.3. The summed E-state index contributed by atoms with van der Waals surface area (Å²) in [5, 5.41) is 223. The lowest BCUT2D eigenvalue weighted by molar-refractivity contribution is -0.372. The van der Waals surface area contributed by atoms with Gasteiger partial charge >= 0.3 is 5.97 Å². The van der Waals surface area contributed by atoms with Crippen LogP contribution in [0, 0.1) is 50.2 Å². The molecule has 0 unspecified atom stereocenters. The number of aliphatic hydroxyl groups excluding tert-OH is 19. The third-order valence-electron chi connectivity index (χ3n) is 24.5. The van der Waals surface area contributed by atoms with E-state index in [0.717, 1.165) is 5.57 Å². The molecule has 33 nitrogen and oxygen atoms in total. The summed E-state index contributed by atoms with van der Waals surface area (Å²) in [4.78, 5) is 15.5. The number of fused-ring (bicyclic) bond motifs is 7. The zero-order chi connectivity index (χ0) is 70.2. The maximum absolute atomic E-state index is 15.5. The van der Waals surface area contributed by atoms with Crippen molar-refractivity contribution in [1.29, 1.82) is 0 Å². The van der Waals surface area contributed by atoms with Crippen molar-refractivity contribution in [2.24, 2.45) is 50.2 Å². The highest BCUT2D eigenvalue weighted by Crippen LogP contribution is 2.76. The van der Waals surface area contributed by atoms with Crippen molar-refractivity contribution < 1.29 is 164 Å². The number of carbonyl (C=O) groups is 1. The van der Waals surface area contributed by atoms with Gasteiger partial charge in [0.05, 0.1) is 76.8 Å². The van der Waals surface area contributed by atoms with E-state index in [1.807, 2.05) is 34.6 Å². The summed E-state index contributed by atoms with van der Waals surface area (Å²) in [6, 6.07) is 0. The normalized spacial score (nSPS) is 55.8. The van der Waals surface area contributed by atoms with Crippen molar-refractivity contribution in [2.75, 3.05) is 46.2 Å². The maximum Gasteiger partial charge on any atom is 0.317 e. The Kier molecular flexibility index (Phi) is 21.6. The Morgan fingerprint density at radius 1 is 0.552 bits per heavy atom. The van der Waals surface area contributed by atoms with Crippen LogP contribution in [0.4, 0.5) is 0 Å². The first-order valence-electron chi connectivity index (χ1n) is 33.3. The van der Waals surface area contributed by atoms with E-state index in [1.165, 1.54) is 6.92 Å². The summed E-state index contributed by atoms with van der Waals surface area (Å²) in [5.74, 6) is -2.88. The number of hydrogen-bond acceptors (Lipinski definition) is 33. The highest BCUT2D eigenvalue weighted by molar-refractivity contribution is 5.80. The van der Waals surface area contributed by atoms with E-state index < -0.39 is 286 Å². The molecule has 0 spiro atoms. The second-order valence-electron chi connectivity index (χ2n) is 31.0. The predicted octanol–water partition coefficient (Wildman–Crippen LogP) is -7.56. The molecule has 552 valence electrons. The Labute approximate surface area is 553 Å². The number of carbonyl (C=O) groups excluding carboxylic acids is 1. The molecule has 0 bridgehead atoms. The van der Waals surface area contributed by atoms with Gasteiger partial charge in [-0.2, -0.15) is 0 Å². The van der Waals surface area contributed by atoms with Crippen LogP contribution in [0.2, 0.25) is 0 Å². The lowest BCUT2D eigenvalue weighted by Crippen LogP contribution is -2.73. The summed E-state index contributed by atoms with van der Waals surface area (Å²) < 4.78 is 70.0. The van der Waals surface area contributed by atoms with Crippen LogP contribution >= 0.6 is 0 Å². The van der Waals surface area contributed by atoms with Crippen molar-refractivity contribution in [2.45, 2.75) is 277 Å². The lowest BCUT2D eigenvalue weighted by Gasteiger charge is -2.73. The first-order chi connectivity index (χ1) is 44.9. The zero-order valence-corrected chi connectivity index (χ0v) is 54.7. The van der Waals surface area contributed by atoms with Gasteiger partial charge in [0.2, 0.25) is 6.29 Å². The summed E-state index contributed by atoms with van der Waals surface area (Å²) in [7, 11) is 0. The molecule has 4 saturated carbocycles. The van der Waals surface area contributed by atoms with Gasteiger partial charge in [-0.25, -0.2) is 0 Å². The molecular formula is C63H102O33. The number of allylic oxidation sites excluding steroid dienone is 2. The Morgan fingerprint density at radius 2 is 1.16 bits per heavy atom. The minimum Gasteiger partial charge on any atom is -0.432 e. The Bertz CT molecular complexity index is 2730. The van der Waals surface area contributed by atoms with Crippen molar-refractivity contribution in [3.8, 4) is 0 Å². The molecule has 10 fully saturated rings. The molecule has 33 heteroatoms. The minimum atomic E-state index is -2.09. The molecule has 6 aliphatic heterocycles. The molecular weight excluding hydrogens is 1280 g/mol. The summed E-state index contributed by atoms with van der Waals surface area (Å²) in [6.45, 7) is 8.49. The number of esters is 1. The maximum atomic E-state index is 15.5. The molecule has 6 saturated heterocycles. The van der Waals surface area contributed by atoms with Crippen LogP contribution in [-0.4, -0.2) is 338 Å². The Hall–Kier alpha value is -2.03. The fourth-order valence-electron chi connectivity index (χ4n) is 18.9. The molecule has 11 aliphatic rings. The predicted molar refractivity (Wildman–Crippen MR) is 314 cm³/mol. The molecule has 0 aromatic heterocycles. The van der Waals surface area contributed by atoms with Crippen molar-refractivity contribution in [3.05, 3.63) is 11.6 Å². The summed E-state index contributed by atoms with van der Waals surface area (Å²) >= 11 is 0. The van der Waals surface area contributed by atoms with E-state index in [0.29, 0.717) is 19.3 Å². The second-order valence-corrected chi connectivity index (χ2v) is 31.0. The number of hydrogen-bond donors (Lipinski definition) is 20. The van der Waals surface area contributed by atoms with Gasteiger partial charge in [0.25, 0.3) is 0 Å². The van der Waals surface area contributed by atoms with Crippen molar-refractivity contribution in [3.63, 3.8) is 0 Å². The topological polar surface area (TPSA) is 532 Å². The molecule has 6 heterocycles. The quantitative estimate of drug-likeness (QED) is 0.0388. The molecule has 0 aromatic carbocycles. The average Bonchev–Trinajstić information content (AvgIpc) is 0.681. The Balaban J connectivity index is 0.795. The van der Waals surface area contributed by atoms with E-state index in [4.69, 9.17) is 56.8 Å². The SMILES string of the molecule is C[C@@H]1O[C@@H](O[C@H]2[C@H](OC(=O)[C@]34CCC(C)(C)C[C@H]3C3=CC[C@@H]5[C@@]6(C)C[C@H](O)[C@H](O[C@@H]7O[C@H](CO[C@@H]8O[C@H](CO)[C@@H](O)[C@H](O)[C@H]8O)[C@@H](O)[C@H](O)[C@H]7O)[C@@](C)(CO)[C@@H]6[C@H](O)C[C@@]5(C)[C@]3(C)C[C@H]4O)OC[C@@H](O)[C@@H]2O)[C@H](O)[C@H](O)[C@H]1O[C@@H]1OC[C@@H](O)[C@H](O[C@@H]2OC[C@](O)(CO)[C@H]2O)[C@H]1O. The monoisotopic (exact) mass is 1390 g/mol. The molecule has 11 rings (SSSR count). The van der Waals surface area contributed by atoms with E-state index in [2.05, 4.69) is 6.08 Å². The average molecular weight is 1390 g/mol. The minimum absolute atomic E-state index is 0.0403. The van der Waals surface area contributed by atoms with Gasteiger partial charge < -0.3 is 159 Å². The zero-order valence-electron chi connectivity index (χ0n) is 54.7. The van der Waals surface area contributed by atoms with E-state index in [-0.39, 0.29) is 25.7 Å². The molecule has 20 N–H and O–H groups in total. The van der Waals surface area contributed by atoms with Crippen molar-refractivity contribution in [1.82, 2.24) is 0 Å². The van der Waals surface area contributed by atoms with Crippen LogP contribution in [0.3, 0.4) is 0 Å². The standard InChI is InChI=1S/C63H102O33/c1-23-44(92-51-43(81)45(29(70)18-85-51)93-55-48(82)62(84,21-66)22-88-55)39(77)42(80)52(89-23)94-46-34(72)28(69)17-86-54(46)96-56(83)63-11-10-57(2,3)12-25(63)24-8-9-32-58(4)13-27(68)49(59(5,20-65)47(58)26(67)14-61(32,7)60(24,6)15-33(63)71)95-53-41(79)38(76)36(74)31(91-53)19-87-50-40(78)37(75)35(73)30(16-64)90-50/h8,23,25-55,64-82,84H,9-22H2,1-7H3/t23-,25-,26+,27-,28+,29+,30+,31+,32+,33+,34-,35+,36+,37-,38-,39-,40+,41+,42+,43+,44-,45-,46+,47+,48-,49-,50+,51-,52-,53-,54-,55-,58+,59-,60+,61+,62+,63+/m0/s1. The van der Waals surface area contributed by atoms with E-state index >= 15 is 4.79 Å². The van der Waals surface area contributed by atoms with Gasteiger partial charge in [0.15, 0.2) is 37.6 Å². The Morgan fingerprint density at radius 3 is 1.81 bits per heavy atom. The molecule has 38 atom stereocenters. The van der Waals surface area contributed by atoms with Gasteiger partial charge in [-0.3, -0.25) is 4.79 Å². The van der Waals surface area contributed by atoms with Gasteiger partial charge in [-0.05, 0) is 85.4 Å². The van der Waals surface area contributed by atoms with E-state index in [1.54, 1.807) is 6.92 Å². The highest BCUT2D eigenvalue weighted by atomic mass is 16.8. The van der Waals surface area contributed by atoms with Gasteiger partial charge in [-0.1, -0.05) is 53.2 Å². The van der Waals surface area contributed by atoms with Crippen LogP contribution in [0.5, 0.6) is 0 Å². The summed E-state index contributed by atoms with van der Waals surface area (Å²) in [5.41, 5.74) is -7.78. The third-order valence-corrected chi connectivity index (χ3v) is 24.5. The smallest absolute Gasteiger partial charge is 0.317 e. The molecule has 0 amide bonds. The lowest BCUT2D eigenvalue weighted by atomic mass is 9.32. The van der Waals surface area contributed by atoms with Gasteiger partial charge in [0.1, 0.15) is 115 Å². The molecule has 5 aliphatic carbocycles. The van der Waals surface area contributed by atoms with E-state index in [9.17, 15) is 102 Å².